The van der Waals surface area contributed by atoms with E-state index in [9.17, 15) is 5.02 Å². The molecule has 0 unspecified atom stereocenters. The van der Waals surface area contributed by atoms with Crippen molar-refractivity contribution in [3.05, 3.63) is 66.7 Å². The van der Waals surface area contributed by atoms with Crippen molar-refractivity contribution in [2.45, 2.75) is 0 Å². The van der Waals surface area contributed by atoms with Gasteiger partial charge in [-0.25, -0.2) is 0 Å². The van der Waals surface area contributed by atoms with Gasteiger partial charge in [0.25, 0.3) is 0 Å². The quantitative estimate of drug-likeness (QED) is 0.360. The Morgan fingerprint density at radius 3 is 2.19 bits per heavy atom. The number of rotatable bonds is 2. The van der Waals surface area contributed by atoms with Gasteiger partial charge in [0.05, 0.1) is 9.40 Å². The van der Waals surface area contributed by atoms with Crippen LogP contribution in [0.5, 0.6) is 5.75 Å². The summed E-state index contributed by atoms with van der Waals surface area (Å²) in [5, 5.41) is 16.7. The van der Waals surface area contributed by atoms with Crippen molar-refractivity contribution in [1.82, 2.24) is 0 Å². The highest BCUT2D eigenvalue weighted by Crippen LogP contribution is 2.47. The van der Waals surface area contributed by atoms with E-state index in [0.717, 1.165) is 11.1 Å². The fourth-order valence-electron chi connectivity index (χ4n) is 4.04. The fraction of sp³-hybridized carbons (Fsp3) is 0. The lowest BCUT2D eigenvalue weighted by atomic mass is 10.0. The molecule has 0 fully saturated rings. The molecule has 2 heterocycles. The molecule has 1 N–H and O–H groups in total. The molecular formula is C22H13BO2S2. The topological polar surface area (TPSA) is 29.5 Å². The maximum Gasteiger partial charge on any atom is 0.504 e. The zero-order valence-electron chi connectivity index (χ0n) is 14.2. The fourth-order valence-corrected chi connectivity index (χ4v) is 6.62. The highest BCUT2D eigenvalue weighted by atomic mass is 32.1. The zero-order chi connectivity index (χ0) is 18.0. The Bertz CT molecular complexity index is 1500. The summed E-state index contributed by atoms with van der Waals surface area (Å²) in [5.41, 5.74) is 0. The van der Waals surface area contributed by atoms with Gasteiger partial charge in [-0.2, -0.15) is 0 Å². The second-order valence-corrected chi connectivity index (χ2v) is 8.69. The molecule has 0 amide bonds. The second-order valence-electron chi connectivity index (χ2n) is 6.59. The Labute approximate surface area is 163 Å². The van der Waals surface area contributed by atoms with Crippen molar-refractivity contribution in [3.63, 3.8) is 0 Å². The lowest BCUT2D eigenvalue weighted by Crippen LogP contribution is -2.00. The average molecular weight is 384 g/mol. The molecule has 6 rings (SSSR count). The van der Waals surface area contributed by atoms with Gasteiger partial charge in [-0.1, -0.05) is 54.6 Å². The lowest BCUT2D eigenvalue weighted by molar-refractivity contribution is 0.457. The van der Waals surface area contributed by atoms with Gasteiger partial charge in [0.2, 0.25) is 0 Å². The Balaban J connectivity index is 1.83. The van der Waals surface area contributed by atoms with Crippen LogP contribution in [0.1, 0.15) is 0 Å². The summed E-state index contributed by atoms with van der Waals surface area (Å²) >= 11 is 3.68. The van der Waals surface area contributed by atoms with Crippen LogP contribution >= 0.6 is 22.7 Å². The maximum absolute atomic E-state index is 9.30. The predicted molar refractivity (Wildman–Crippen MR) is 120 cm³/mol. The predicted octanol–water partition coefficient (Wildman–Crippen LogP) is 6.21. The SMILES string of the molecule is OBOc1cc2sc3c(ccc4c5ccccc5sc43)c2c2ccccc12. The first-order valence-electron chi connectivity index (χ1n) is 8.77. The van der Waals surface area contributed by atoms with Gasteiger partial charge in [0.1, 0.15) is 5.75 Å². The largest absolute Gasteiger partial charge is 0.538 e. The van der Waals surface area contributed by atoms with E-state index < -0.39 is 0 Å². The summed E-state index contributed by atoms with van der Waals surface area (Å²) < 4.78 is 10.7. The van der Waals surface area contributed by atoms with Gasteiger partial charge >= 0.3 is 7.69 Å². The normalized spacial score (nSPS) is 11.9. The van der Waals surface area contributed by atoms with Crippen LogP contribution in [0.25, 0.3) is 51.1 Å². The Morgan fingerprint density at radius 2 is 1.33 bits per heavy atom. The van der Waals surface area contributed by atoms with Crippen LogP contribution in [0.2, 0.25) is 0 Å². The molecule has 6 aromatic rings. The maximum atomic E-state index is 9.30. The van der Waals surface area contributed by atoms with E-state index in [1.54, 1.807) is 0 Å². The van der Waals surface area contributed by atoms with Crippen molar-refractivity contribution < 1.29 is 9.68 Å². The molecule has 128 valence electrons. The number of thiophene rings is 2. The number of hydrogen-bond donors (Lipinski definition) is 1. The molecule has 0 aliphatic rings. The van der Waals surface area contributed by atoms with Crippen molar-refractivity contribution >= 4 is 81.5 Å². The van der Waals surface area contributed by atoms with E-state index in [1.165, 1.54) is 45.7 Å². The summed E-state index contributed by atoms with van der Waals surface area (Å²) in [6.07, 6.45) is 0. The van der Waals surface area contributed by atoms with Crippen LogP contribution in [0.3, 0.4) is 0 Å². The summed E-state index contributed by atoms with van der Waals surface area (Å²) in [5.74, 6) is 0.736. The van der Waals surface area contributed by atoms with E-state index in [2.05, 4.69) is 60.7 Å². The van der Waals surface area contributed by atoms with E-state index in [0.29, 0.717) is 0 Å². The monoisotopic (exact) mass is 384 g/mol. The molecule has 0 bridgehead atoms. The van der Waals surface area contributed by atoms with Crippen LogP contribution in [0, 0.1) is 0 Å². The average Bonchev–Trinajstić information content (AvgIpc) is 3.26. The van der Waals surface area contributed by atoms with Crippen molar-refractivity contribution in [3.8, 4) is 5.75 Å². The van der Waals surface area contributed by atoms with E-state index in [-0.39, 0.29) is 7.69 Å². The third-order valence-corrected chi connectivity index (χ3v) is 7.68. The van der Waals surface area contributed by atoms with Crippen LogP contribution in [0.4, 0.5) is 0 Å². The third kappa shape index (κ3) is 2.10. The van der Waals surface area contributed by atoms with E-state index >= 15 is 0 Å². The summed E-state index contributed by atoms with van der Waals surface area (Å²) in [7, 11) is -0.318. The molecule has 5 heteroatoms. The molecule has 0 saturated carbocycles. The minimum Gasteiger partial charge on any atom is -0.538 e. The van der Waals surface area contributed by atoms with Crippen LogP contribution in [0.15, 0.2) is 66.7 Å². The second kappa shape index (κ2) is 5.70. The van der Waals surface area contributed by atoms with Gasteiger partial charge < -0.3 is 9.68 Å². The third-order valence-electron chi connectivity index (χ3n) is 5.17. The summed E-state index contributed by atoms with van der Waals surface area (Å²) in [6.45, 7) is 0. The Morgan fingerprint density at radius 1 is 0.667 bits per heavy atom. The summed E-state index contributed by atoms with van der Waals surface area (Å²) in [6, 6.07) is 23.5. The molecule has 0 aliphatic heterocycles. The molecule has 4 aromatic carbocycles. The minimum atomic E-state index is -0.318. The molecule has 0 aliphatic carbocycles. The molecule has 0 radical (unpaired) electrons. The van der Waals surface area contributed by atoms with Gasteiger partial charge in [-0.05, 0) is 17.5 Å². The standard InChI is InChI=1S/C22H13BO2S2/c24-23-25-17-11-19-20(14-7-2-1-5-12(14)17)16-10-9-15-13-6-3-4-8-18(13)26-21(15)22(16)27-19/h1-11,23-24H. The highest BCUT2D eigenvalue weighted by Gasteiger charge is 2.16. The molecular weight excluding hydrogens is 371 g/mol. The molecule has 0 atom stereocenters. The van der Waals surface area contributed by atoms with Gasteiger partial charge in [-0.3, -0.25) is 0 Å². The van der Waals surface area contributed by atoms with E-state index in [4.69, 9.17) is 4.65 Å². The zero-order valence-corrected chi connectivity index (χ0v) is 15.9. The van der Waals surface area contributed by atoms with Crippen molar-refractivity contribution in [2.24, 2.45) is 0 Å². The molecule has 27 heavy (non-hydrogen) atoms. The van der Waals surface area contributed by atoms with Gasteiger partial charge in [0.15, 0.2) is 0 Å². The van der Waals surface area contributed by atoms with Crippen LogP contribution < -0.4 is 4.65 Å². The van der Waals surface area contributed by atoms with Crippen LogP contribution in [-0.2, 0) is 0 Å². The smallest absolute Gasteiger partial charge is 0.504 e. The first-order chi connectivity index (χ1) is 13.3. The van der Waals surface area contributed by atoms with Gasteiger partial charge in [-0.15, -0.1) is 22.7 Å². The first-order valence-corrected chi connectivity index (χ1v) is 10.4. The Hall–Kier alpha value is -2.60. The summed E-state index contributed by atoms with van der Waals surface area (Å²) in [4.78, 5) is 0. The molecule has 0 spiro atoms. The van der Waals surface area contributed by atoms with Gasteiger partial charge in [0, 0.05) is 36.3 Å². The number of benzene rings is 4. The molecule has 0 saturated heterocycles. The number of hydrogen-bond acceptors (Lipinski definition) is 4. The number of fused-ring (bicyclic) bond motifs is 9. The van der Waals surface area contributed by atoms with Crippen LogP contribution in [-0.4, -0.2) is 12.7 Å². The minimum absolute atomic E-state index is 0.318. The Kier molecular flexibility index (Phi) is 3.26. The van der Waals surface area contributed by atoms with E-state index in [1.807, 2.05) is 28.7 Å². The molecule has 2 nitrogen and oxygen atoms in total. The lowest BCUT2D eigenvalue weighted by Gasteiger charge is -2.08. The highest BCUT2D eigenvalue weighted by molar-refractivity contribution is 7.33. The first kappa shape index (κ1) is 15.5. The van der Waals surface area contributed by atoms with Crippen molar-refractivity contribution in [2.75, 3.05) is 0 Å². The van der Waals surface area contributed by atoms with Crippen molar-refractivity contribution in [1.29, 1.82) is 0 Å². The molecule has 2 aromatic heterocycles.